The molecule has 10 nitrogen and oxygen atoms in total. The van der Waals surface area contributed by atoms with Crippen LogP contribution in [0.15, 0.2) is 23.2 Å². The quantitative estimate of drug-likeness (QED) is 0.297. The average molecular weight is 268 g/mol. The zero-order valence-electron chi connectivity index (χ0n) is 8.56. The van der Waals surface area contributed by atoms with E-state index < -0.39 is 27.7 Å². The Morgan fingerprint density at radius 3 is 2.65 bits per heavy atom. The number of hydroxylamine groups is 2. The van der Waals surface area contributed by atoms with E-state index in [4.69, 9.17) is 0 Å². The van der Waals surface area contributed by atoms with Gasteiger partial charge in [0.2, 0.25) is 0 Å². The van der Waals surface area contributed by atoms with Crippen molar-refractivity contribution in [3.63, 3.8) is 0 Å². The monoisotopic (exact) mass is 268 g/mol. The van der Waals surface area contributed by atoms with Gasteiger partial charge in [-0.3, -0.25) is 25.7 Å². The number of nitro groups is 2. The summed E-state index contributed by atoms with van der Waals surface area (Å²) in [4.78, 5) is 23.9. The second-order valence-corrected chi connectivity index (χ2v) is 3.08. The minimum atomic E-state index is -1.59. The van der Waals surface area contributed by atoms with E-state index in [9.17, 15) is 25.3 Å². The molecule has 86 valence electrons. The molecule has 1 heterocycles. The van der Waals surface area contributed by atoms with Crippen LogP contribution >= 0.6 is 0 Å². The molecule has 2 unspecified atom stereocenters. The van der Waals surface area contributed by atoms with E-state index in [1.165, 1.54) is 0 Å². The number of nitrogens with one attached hydrogen (secondary N) is 1. The minimum absolute atomic E-state index is 0. The minimum Gasteiger partial charge on any atom is -0.529 e. The van der Waals surface area contributed by atoms with Gasteiger partial charge in [0.1, 0.15) is 0 Å². The summed E-state index contributed by atoms with van der Waals surface area (Å²) >= 11 is 0. The average Bonchev–Trinajstić information content (AvgIpc) is 2.66. The van der Waals surface area contributed by atoms with Gasteiger partial charge in [0.05, 0.1) is 16.7 Å². The van der Waals surface area contributed by atoms with Gasteiger partial charge < -0.3 is 15.5 Å². The van der Waals surface area contributed by atoms with Gasteiger partial charge in [0.15, 0.2) is 6.10 Å². The third-order valence-corrected chi connectivity index (χ3v) is 2.18. The van der Waals surface area contributed by atoms with Gasteiger partial charge in [-0.1, -0.05) is 0 Å². The largest absolute Gasteiger partial charge is 1.00 e. The van der Waals surface area contributed by atoms with Crippen LogP contribution in [-0.2, 0) is 4.94 Å². The molecule has 2 rings (SSSR count). The van der Waals surface area contributed by atoms with Gasteiger partial charge in [-0.15, -0.1) is 0 Å². The van der Waals surface area contributed by atoms with E-state index in [0.717, 1.165) is 6.08 Å². The topological polar surface area (TPSA) is 142 Å². The maximum Gasteiger partial charge on any atom is 1.00 e. The van der Waals surface area contributed by atoms with Crippen molar-refractivity contribution in [1.82, 2.24) is 5.48 Å². The van der Waals surface area contributed by atoms with Crippen molar-refractivity contribution in [2.75, 3.05) is 0 Å². The Hall–Kier alpha value is -0.564. The summed E-state index contributed by atoms with van der Waals surface area (Å²) in [5.41, 5.74) is 4.41. The van der Waals surface area contributed by atoms with E-state index in [2.05, 4.69) is 15.9 Å². The van der Waals surface area contributed by atoms with E-state index in [1.54, 1.807) is 0 Å². The molecule has 11 heteroatoms. The number of nitrogens with zero attached hydrogens (tertiary/aromatic N) is 3. The SMILES string of the molecule is O=[N+]([O-])C1=CC([N+](=O)[O-])C(O)C2=C1[N-]ON2.[K+]. The molecular formula is C6H5KN4O6. The molecule has 0 bridgehead atoms. The predicted octanol–water partition coefficient (Wildman–Crippen LogP) is -3.79. The molecule has 0 aromatic rings. The van der Waals surface area contributed by atoms with Crippen LogP contribution in [0.3, 0.4) is 0 Å². The van der Waals surface area contributed by atoms with Crippen molar-refractivity contribution in [2.45, 2.75) is 12.1 Å². The summed E-state index contributed by atoms with van der Waals surface area (Å²) in [6.07, 6.45) is -0.802. The van der Waals surface area contributed by atoms with E-state index in [1.807, 2.05) is 0 Å². The van der Waals surface area contributed by atoms with Crippen LogP contribution < -0.4 is 56.9 Å². The molecule has 2 aliphatic rings. The summed E-state index contributed by atoms with van der Waals surface area (Å²) in [5.74, 6) is 0. The van der Waals surface area contributed by atoms with Crippen LogP contribution in [0, 0.1) is 20.2 Å². The second-order valence-electron chi connectivity index (χ2n) is 3.08. The summed E-state index contributed by atoms with van der Waals surface area (Å²) in [6.45, 7) is 0. The number of aliphatic hydroxyl groups is 1. The Bertz CT molecular complexity index is 434. The smallest absolute Gasteiger partial charge is 0.529 e. The van der Waals surface area contributed by atoms with Crippen LogP contribution in [0.4, 0.5) is 0 Å². The molecule has 0 amide bonds. The normalized spacial score (nSPS) is 26.1. The van der Waals surface area contributed by atoms with Crippen molar-refractivity contribution in [3.8, 4) is 0 Å². The summed E-state index contributed by atoms with van der Waals surface area (Å²) < 4.78 is 0. The van der Waals surface area contributed by atoms with Gasteiger partial charge in [0, 0.05) is 4.92 Å². The number of hydrogen-bond donors (Lipinski definition) is 2. The molecule has 2 N–H and O–H groups in total. The van der Waals surface area contributed by atoms with Crippen LogP contribution in [-0.4, -0.2) is 27.1 Å². The molecule has 1 aliphatic carbocycles. The Morgan fingerprint density at radius 1 is 1.47 bits per heavy atom. The summed E-state index contributed by atoms with van der Waals surface area (Å²) in [6, 6.07) is -1.59. The van der Waals surface area contributed by atoms with Crippen molar-refractivity contribution in [2.24, 2.45) is 0 Å². The standard InChI is InChI=1S/C6H5N4O6.K/c11-6-3(10(14)15)1-2(9(12)13)4-5(6)8-16-7-4;/h1,3,6,8,11H;/q-1;+1. The van der Waals surface area contributed by atoms with Gasteiger partial charge in [-0.05, 0) is 5.70 Å². The van der Waals surface area contributed by atoms with E-state index in [0.29, 0.717) is 0 Å². The Kier molecular flexibility index (Phi) is 4.59. The summed E-state index contributed by atoms with van der Waals surface area (Å²) in [5, 5.41) is 30.7. The van der Waals surface area contributed by atoms with Crippen LogP contribution in [0.5, 0.6) is 0 Å². The van der Waals surface area contributed by atoms with Crippen molar-refractivity contribution in [3.05, 3.63) is 48.9 Å². The molecule has 0 fully saturated rings. The zero-order chi connectivity index (χ0) is 11.9. The van der Waals surface area contributed by atoms with E-state index >= 15 is 0 Å². The first kappa shape index (κ1) is 14.5. The third kappa shape index (κ3) is 2.49. The second kappa shape index (κ2) is 5.39. The molecule has 17 heavy (non-hydrogen) atoms. The molecule has 0 aromatic carbocycles. The number of aliphatic hydroxyl groups excluding tert-OH is 1. The Balaban J connectivity index is 0.00000144. The Labute approximate surface area is 136 Å². The van der Waals surface area contributed by atoms with Gasteiger partial charge in [0.25, 0.3) is 11.7 Å². The fraction of sp³-hybridized carbons (Fsp3) is 0.333. The molecule has 2 atom stereocenters. The first-order chi connectivity index (χ1) is 7.52. The van der Waals surface area contributed by atoms with Crippen molar-refractivity contribution >= 4 is 0 Å². The Morgan fingerprint density at radius 2 is 2.12 bits per heavy atom. The number of hydrogen-bond acceptors (Lipinski definition) is 7. The first-order valence-electron chi connectivity index (χ1n) is 4.07. The molecule has 0 saturated heterocycles. The van der Waals surface area contributed by atoms with Crippen LogP contribution in [0.2, 0.25) is 0 Å². The number of rotatable bonds is 2. The maximum absolute atomic E-state index is 10.6. The molecule has 0 aromatic heterocycles. The zero-order valence-corrected chi connectivity index (χ0v) is 11.7. The van der Waals surface area contributed by atoms with Crippen LogP contribution in [0.1, 0.15) is 0 Å². The fourth-order valence-corrected chi connectivity index (χ4v) is 1.43. The van der Waals surface area contributed by atoms with E-state index in [-0.39, 0.29) is 62.8 Å². The first-order valence-corrected chi connectivity index (χ1v) is 4.07. The predicted molar refractivity (Wildman–Crippen MR) is 46.5 cm³/mol. The molecule has 1 aliphatic heterocycles. The van der Waals surface area contributed by atoms with Gasteiger partial charge in [-0.2, -0.15) is 0 Å². The molecular weight excluding hydrogens is 263 g/mol. The van der Waals surface area contributed by atoms with Crippen molar-refractivity contribution < 1.29 is 71.3 Å². The van der Waals surface area contributed by atoms with Gasteiger partial charge >= 0.3 is 51.4 Å². The summed E-state index contributed by atoms with van der Waals surface area (Å²) in [7, 11) is 0. The van der Waals surface area contributed by atoms with Crippen LogP contribution in [0.25, 0.3) is 5.48 Å². The molecule has 0 spiro atoms. The molecule has 0 saturated carbocycles. The van der Waals surface area contributed by atoms with Gasteiger partial charge in [-0.25, -0.2) is 0 Å². The fourth-order valence-electron chi connectivity index (χ4n) is 1.43. The molecule has 0 radical (unpaired) electrons. The maximum atomic E-state index is 10.6. The third-order valence-electron chi connectivity index (χ3n) is 2.18. The van der Waals surface area contributed by atoms with Crippen molar-refractivity contribution in [1.29, 1.82) is 0 Å².